The molecule has 5 heteroatoms. The number of nitrogens with zero attached hydrogens (tertiary/aromatic N) is 1. The number of aliphatic hydroxyl groups is 1. The molecule has 2 atom stereocenters. The third kappa shape index (κ3) is 1.97. The Labute approximate surface area is 104 Å². The van der Waals surface area contributed by atoms with Crippen LogP contribution in [0, 0.1) is 5.92 Å². The fourth-order valence-electron chi connectivity index (χ4n) is 1.90. The number of aliphatic hydroxyl groups excluding tert-OH is 1. The second kappa shape index (κ2) is 4.78. The molecule has 0 aliphatic heterocycles. The highest BCUT2D eigenvalue weighted by Crippen LogP contribution is 2.15. The first-order valence-electron chi connectivity index (χ1n) is 5.89. The molecular weight excluding hydrogens is 234 g/mol. The fourth-order valence-corrected chi connectivity index (χ4v) is 1.90. The van der Waals surface area contributed by atoms with Gasteiger partial charge in [0.15, 0.2) is 5.58 Å². The van der Waals surface area contributed by atoms with E-state index < -0.39 is 23.7 Å². The topological polar surface area (TPSA) is 72.4 Å². The van der Waals surface area contributed by atoms with Gasteiger partial charge in [0.05, 0.1) is 17.5 Å². The SMILES string of the molecule is CC[C@@H](O)[C@H](C)C(=O)n1c(=O)oc2ccccc21. The summed E-state index contributed by atoms with van der Waals surface area (Å²) in [5, 5.41) is 9.69. The summed E-state index contributed by atoms with van der Waals surface area (Å²) in [6.07, 6.45) is -0.310. The molecule has 0 saturated heterocycles. The summed E-state index contributed by atoms with van der Waals surface area (Å²) in [4.78, 5) is 23.9. The molecule has 0 spiro atoms. The van der Waals surface area contributed by atoms with Gasteiger partial charge in [0.25, 0.3) is 0 Å². The average molecular weight is 249 g/mol. The lowest BCUT2D eigenvalue weighted by molar-refractivity contribution is 0.0619. The summed E-state index contributed by atoms with van der Waals surface area (Å²) in [5.74, 6) is -1.80. The quantitative estimate of drug-likeness (QED) is 0.897. The van der Waals surface area contributed by atoms with Crippen molar-refractivity contribution in [1.82, 2.24) is 4.57 Å². The van der Waals surface area contributed by atoms with E-state index in [2.05, 4.69) is 0 Å². The first kappa shape index (κ1) is 12.6. The normalized spacial score (nSPS) is 14.6. The second-order valence-electron chi connectivity index (χ2n) is 4.27. The highest BCUT2D eigenvalue weighted by Gasteiger charge is 2.25. The summed E-state index contributed by atoms with van der Waals surface area (Å²) >= 11 is 0. The van der Waals surface area contributed by atoms with Crippen LogP contribution < -0.4 is 5.76 Å². The van der Waals surface area contributed by atoms with E-state index in [1.54, 1.807) is 38.1 Å². The summed E-state index contributed by atoms with van der Waals surface area (Å²) < 4.78 is 5.97. The third-order valence-electron chi connectivity index (χ3n) is 3.09. The minimum Gasteiger partial charge on any atom is -0.407 e. The van der Waals surface area contributed by atoms with Crippen LogP contribution in [0.1, 0.15) is 25.1 Å². The molecule has 0 fully saturated rings. The first-order chi connectivity index (χ1) is 8.56. The van der Waals surface area contributed by atoms with Crippen LogP contribution in [-0.2, 0) is 0 Å². The van der Waals surface area contributed by atoms with Gasteiger partial charge in [0, 0.05) is 0 Å². The Morgan fingerprint density at radius 1 is 1.44 bits per heavy atom. The maximum Gasteiger partial charge on any atom is 0.426 e. The van der Waals surface area contributed by atoms with Crippen LogP contribution >= 0.6 is 0 Å². The highest BCUT2D eigenvalue weighted by molar-refractivity contribution is 5.90. The fraction of sp³-hybridized carbons (Fsp3) is 0.385. The molecule has 18 heavy (non-hydrogen) atoms. The molecule has 5 nitrogen and oxygen atoms in total. The number of oxazole rings is 1. The van der Waals surface area contributed by atoms with Gasteiger partial charge in [0.2, 0.25) is 5.91 Å². The van der Waals surface area contributed by atoms with Crippen LogP contribution in [0.3, 0.4) is 0 Å². The lowest BCUT2D eigenvalue weighted by Gasteiger charge is -2.15. The van der Waals surface area contributed by atoms with Crippen LogP contribution in [0.4, 0.5) is 0 Å². The van der Waals surface area contributed by atoms with Gasteiger partial charge in [-0.25, -0.2) is 9.36 Å². The minimum absolute atomic E-state index is 0.369. The molecular formula is C13H15NO4. The third-order valence-corrected chi connectivity index (χ3v) is 3.09. The molecule has 96 valence electrons. The van der Waals surface area contributed by atoms with Crippen LogP contribution in [0.25, 0.3) is 11.1 Å². The predicted octanol–water partition coefficient (Wildman–Crippen LogP) is 1.64. The number of carbonyl (C=O) groups excluding carboxylic acids is 1. The molecule has 1 heterocycles. The van der Waals surface area contributed by atoms with Crippen LogP contribution in [0.2, 0.25) is 0 Å². The van der Waals surface area contributed by atoms with Crippen molar-refractivity contribution >= 4 is 17.0 Å². The maximum atomic E-state index is 12.2. The van der Waals surface area contributed by atoms with Gasteiger partial charge in [-0.05, 0) is 18.6 Å². The Bertz CT molecular complexity index is 625. The number of benzene rings is 1. The predicted molar refractivity (Wildman–Crippen MR) is 66.6 cm³/mol. The van der Waals surface area contributed by atoms with Crippen molar-refractivity contribution in [3.05, 3.63) is 34.8 Å². The molecule has 0 amide bonds. The molecule has 0 aliphatic rings. The highest BCUT2D eigenvalue weighted by atomic mass is 16.4. The summed E-state index contributed by atoms with van der Waals surface area (Å²) in [7, 11) is 0. The zero-order chi connectivity index (χ0) is 13.3. The van der Waals surface area contributed by atoms with Gasteiger partial charge < -0.3 is 9.52 Å². The Morgan fingerprint density at radius 2 is 2.11 bits per heavy atom. The van der Waals surface area contributed by atoms with E-state index in [4.69, 9.17) is 4.42 Å². The number of para-hydroxylation sites is 2. The van der Waals surface area contributed by atoms with Crippen molar-refractivity contribution in [2.24, 2.45) is 5.92 Å². The number of fused-ring (bicyclic) bond motifs is 1. The Kier molecular flexibility index (Phi) is 3.34. The molecule has 0 unspecified atom stereocenters. The molecule has 1 aromatic carbocycles. The molecule has 0 saturated carbocycles. The molecule has 2 rings (SSSR count). The molecule has 2 aromatic rings. The molecule has 0 aliphatic carbocycles. The van der Waals surface area contributed by atoms with Gasteiger partial charge in [-0.3, -0.25) is 4.79 Å². The summed E-state index contributed by atoms with van der Waals surface area (Å²) in [6, 6.07) is 6.72. The van der Waals surface area contributed by atoms with Crippen LogP contribution in [0.5, 0.6) is 0 Å². The number of hydrogen-bond donors (Lipinski definition) is 1. The van der Waals surface area contributed by atoms with Crippen LogP contribution in [0.15, 0.2) is 33.5 Å². The largest absolute Gasteiger partial charge is 0.426 e. The second-order valence-corrected chi connectivity index (χ2v) is 4.27. The van der Waals surface area contributed by atoms with Crippen LogP contribution in [-0.4, -0.2) is 21.7 Å². The van der Waals surface area contributed by atoms with Crippen molar-refractivity contribution in [2.75, 3.05) is 0 Å². The maximum absolute atomic E-state index is 12.2. The smallest absolute Gasteiger partial charge is 0.407 e. The lowest BCUT2D eigenvalue weighted by Crippen LogP contribution is -2.33. The van der Waals surface area contributed by atoms with Gasteiger partial charge >= 0.3 is 5.76 Å². The van der Waals surface area contributed by atoms with Crippen molar-refractivity contribution in [2.45, 2.75) is 26.4 Å². The van der Waals surface area contributed by atoms with E-state index in [0.29, 0.717) is 17.5 Å². The first-order valence-corrected chi connectivity index (χ1v) is 5.89. The van der Waals surface area contributed by atoms with Crippen molar-refractivity contribution in [3.8, 4) is 0 Å². The van der Waals surface area contributed by atoms with E-state index in [1.165, 1.54) is 0 Å². The van der Waals surface area contributed by atoms with E-state index in [-0.39, 0.29) is 0 Å². The molecule has 0 bridgehead atoms. The number of aromatic nitrogens is 1. The number of carbonyl (C=O) groups is 1. The van der Waals surface area contributed by atoms with Gasteiger partial charge in [-0.1, -0.05) is 26.0 Å². The van der Waals surface area contributed by atoms with E-state index >= 15 is 0 Å². The van der Waals surface area contributed by atoms with Crippen molar-refractivity contribution in [3.63, 3.8) is 0 Å². The zero-order valence-corrected chi connectivity index (χ0v) is 10.3. The van der Waals surface area contributed by atoms with E-state index in [0.717, 1.165) is 4.57 Å². The van der Waals surface area contributed by atoms with Gasteiger partial charge in [0.1, 0.15) is 0 Å². The van der Waals surface area contributed by atoms with Crippen molar-refractivity contribution in [1.29, 1.82) is 0 Å². The Morgan fingerprint density at radius 3 is 2.78 bits per heavy atom. The average Bonchev–Trinajstić information content (AvgIpc) is 2.71. The van der Waals surface area contributed by atoms with E-state index in [1.807, 2.05) is 0 Å². The summed E-state index contributed by atoms with van der Waals surface area (Å²) in [6.45, 7) is 3.38. The minimum atomic E-state index is -0.766. The molecule has 0 radical (unpaired) electrons. The monoisotopic (exact) mass is 249 g/mol. The standard InChI is InChI=1S/C13H15NO4/c1-3-10(15)8(2)12(16)14-9-6-4-5-7-11(9)18-13(14)17/h4-8,10,15H,3H2,1-2H3/t8-,10+/m0/s1. The lowest BCUT2D eigenvalue weighted by atomic mass is 10.0. The van der Waals surface area contributed by atoms with Gasteiger partial charge in [-0.15, -0.1) is 0 Å². The molecule has 1 aromatic heterocycles. The van der Waals surface area contributed by atoms with Crippen molar-refractivity contribution < 1.29 is 14.3 Å². The number of rotatable bonds is 3. The summed E-state index contributed by atoms with van der Waals surface area (Å²) in [5.41, 5.74) is 0.802. The zero-order valence-electron chi connectivity index (χ0n) is 10.3. The number of hydrogen-bond acceptors (Lipinski definition) is 4. The van der Waals surface area contributed by atoms with E-state index in [9.17, 15) is 14.7 Å². The Hall–Kier alpha value is -1.88. The Balaban J connectivity index is 2.51. The van der Waals surface area contributed by atoms with Gasteiger partial charge in [-0.2, -0.15) is 0 Å². The molecule has 1 N–H and O–H groups in total.